The topological polar surface area (TPSA) is 17.1 Å². The molecule has 70 valence electrons. The van der Waals surface area contributed by atoms with Crippen LogP contribution in [-0.4, -0.2) is 11.1 Å². The fourth-order valence-corrected chi connectivity index (χ4v) is 2.57. The van der Waals surface area contributed by atoms with Crippen LogP contribution in [0.3, 0.4) is 0 Å². The van der Waals surface area contributed by atoms with Crippen LogP contribution in [0, 0.1) is 11.3 Å². The minimum absolute atomic E-state index is 0.239. The molecule has 1 nitrogen and oxygen atoms in total. The molecule has 0 radical (unpaired) electrons. The van der Waals surface area contributed by atoms with E-state index in [1.807, 2.05) is 0 Å². The lowest BCUT2D eigenvalue weighted by Gasteiger charge is -2.37. The van der Waals surface area contributed by atoms with E-state index in [2.05, 4.69) is 29.8 Å². The van der Waals surface area contributed by atoms with Gasteiger partial charge in [-0.3, -0.25) is 4.79 Å². The van der Waals surface area contributed by atoms with E-state index in [0.29, 0.717) is 17.0 Å². The maximum absolute atomic E-state index is 11.5. The van der Waals surface area contributed by atoms with E-state index >= 15 is 0 Å². The molecule has 2 heteroatoms. The largest absolute Gasteiger partial charge is 0.298 e. The van der Waals surface area contributed by atoms with Crippen molar-refractivity contribution in [2.24, 2.45) is 11.3 Å². The molecule has 1 aliphatic carbocycles. The average molecular weight is 233 g/mol. The highest BCUT2D eigenvalue weighted by molar-refractivity contribution is 9.09. The molecule has 0 aliphatic heterocycles. The lowest BCUT2D eigenvalue weighted by molar-refractivity contribution is -0.125. The first-order valence-electron chi connectivity index (χ1n) is 4.66. The number of ketones is 1. The number of rotatable bonds is 2. The standard InChI is InChI=1S/C10H17BrO/c1-10(2)6-4-3-5-8(10)9(12)7-11/h8H,3-7H2,1-2H3. The summed E-state index contributed by atoms with van der Waals surface area (Å²) >= 11 is 3.25. The summed E-state index contributed by atoms with van der Waals surface area (Å²) in [5.74, 6) is 0.685. The summed E-state index contributed by atoms with van der Waals surface area (Å²) in [6.45, 7) is 4.44. The molecule has 1 unspecified atom stereocenters. The van der Waals surface area contributed by atoms with Crippen molar-refractivity contribution in [2.45, 2.75) is 39.5 Å². The van der Waals surface area contributed by atoms with Crippen LogP contribution in [0.4, 0.5) is 0 Å². The third kappa shape index (κ3) is 2.09. The SMILES string of the molecule is CC1(C)CCCCC1C(=O)CBr. The number of halogens is 1. The molecule has 12 heavy (non-hydrogen) atoms. The van der Waals surface area contributed by atoms with Crippen molar-refractivity contribution in [1.82, 2.24) is 0 Å². The summed E-state index contributed by atoms with van der Waals surface area (Å²) in [6.07, 6.45) is 4.82. The Morgan fingerprint density at radius 1 is 1.50 bits per heavy atom. The first kappa shape index (κ1) is 10.2. The van der Waals surface area contributed by atoms with E-state index in [0.717, 1.165) is 6.42 Å². The van der Waals surface area contributed by atoms with Crippen LogP contribution in [-0.2, 0) is 4.79 Å². The summed E-state index contributed by atoms with van der Waals surface area (Å²) in [4.78, 5) is 11.5. The molecule has 0 saturated heterocycles. The van der Waals surface area contributed by atoms with Crippen molar-refractivity contribution in [3.63, 3.8) is 0 Å². The molecule has 1 saturated carbocycles. The normalized spacial score (nSPS) is 28.4. The van der Waals surface area contributed by atoms with Crippen LogP contribution in [0.25, 0.3) is 0 Å². The second-order valence-electron chi connectivity index (χ2n) is 4.39. The Balaban J connectivity index is 2.66. The molecular weight excluding hydrogens is 216 g/mol. The highest BCUT2D eigenvalue weighted by Gasteiger charge is 2.35. The van der Waals surface area contributed by atoms with E-state index < -0.39 is 0 Å². The van der Waals surface area contributed by atoms with Crippen molar-refractivity contribution in [3.8, 4) is 0 Å². The second-order valence-corrected chi connectivity index (χ2v) is 4.95. The van der Waals surface area contributed by atoms with Gasteiger partial charge in [-0.05, 0) is 18.3 Å². The van der Waals surface area contributed by atoms with E-state index in [-0.39, 0.29) is 5.41 Å². The summed E-state index contributed by atoms with van der Waals surface area (Å²) in [6, 6.07) is 0. The molecular formula is C10H17BrO. The summed E-state index contributed by atoms with van der Waals surface area (Å²) in [5, 5.41) is 0.529. The Labute approximate surface area is 83.0 Å². The first-order chi connectivity index (χ1) is 5.58. The number of Topliss-reactive ketones (excluding diaryl/α,β-unsaturated/α-hetero) is 1. The van der Waals surface area contributed by atoms with Crippen LogP contribution >= 0.6 is 15.9 Å². The third-order valence-corrected chi connectivity index (χ3v) is 3.58. The summed E-state index contributed by atoms with van der Waals surface area (Å²) in [7, 11) is 0. The molecule has 0 aromatic rings. The van der Waals surface area contributed by atoms with E-state index in [1.165, 1.54) is 19.3 Å². The molecule has 1 fully saturated rings. The Morgan fingerprint density at radius 3 is 2.67 bits per heavy atom. The quantitative estimate of drug-likeness (QED) is 0.669. The molecule has 0 bridgehead atoms. The van der Waals surface area contributed by atoms with Gasteiger partial charge < -0.3 is 0 Å². The van der Waals surface area contributed by atoms with E-state index in [1.54, 1.807) is 0 Å². The Kier molecular flexibility index (Phi) is 3.33. The number of alkyl halides is 1. The van der Waals surface area contributed by atoms with Gasteiger partial charge in [0.15, 0.2) is 0 Å². The molecule has 1 aliphatic rings. The molecule has 0 heterocycles. The number of carbonyl (C=O) groups excluding carboxylic acids is 1. The summed E-state index contributed by atoms with van der Waals surface area (Å²) in [5.41, 5.74) is 0.239. The number of carbonyl (C=O) groups is 1. The van der Waals surface area contributed by atoms with Gasteiger partial charge in [-0.1, -0.05) is 42.6 Å². The maximum Gasteiger partial charge on any atom is 0.146 e. The van der Waals surface area contributed by atoms with Gasteiger partial charge in [0, 0.05) is 5.92 Å². The van der Waals surface area contributed by atoms with Crippen LogP contribution < -0.4 is 0 Å². The predicted octanol–water partition coefficient (Wildman–Crippen LogP) is 3.17. The second kappa shape index (κ2) is 3.91. The molecule has 0 aromatic heterocycles. The minimum Gasteiger partial charge on any atom is -0.298 e. The third-order valence-electron chi connectivity index (χ3n) is 3.03. The predicted molar refractivity (Wildman–Crippen MR) is 54.5 cm³/mol. The van der Waals surface area contributed by atoms with Crippen molar-refractivity contribution >= 4 is 21.7 Å². The first-order valence-corrected chi connectivity index (χ1v) is 5.79. The highest BCUT2D eigenvalue weighted by Crippen LogP contribution is 2.41. The van der Waals surface area contributed by atoms with E-state index in [4.69, 9.17) is 0 Å². The van der Waals surface area contributed by atoms with E-state index in [9.17, 15) is 4.79 Å². The van der Waals surface area contributed by atoms with Gasteiger partial charge in [-0.25, -0.2) is 0 Å². The molecule has 0 N–H and O–H groups in total. The number of hydrogen-bond donors (Lipinski definition) is 0. The van der Waals surface area contributed by atoms with Gasteiger partial charge in [0.05, 0.1) is 5.33 Å². The van der Waals surface area contributed by atoms with Crippen LogP contribution in [0.1, 0.15) is 39.5 Å². The minimum atomic E-state index is 0.239. The Hall–Kier alpha value is 0.150. The summed E-state index contributed by atoms with van der Waals surface area (Å²) < 4.78 is 0. The monoisotopic (exact) mass is 232 g/mol. The molecule has 1 atom stereocenters. The van der Waals surface area contributed by atoms with Gasteiger partial charge >= 0.3 is 0 Å². The van der Waals surface area contributed by atoms with Crippen LogP contribution in [0.15, 0.2) is 0 Å². The molecule has 0 amide bonds. The zero-order chi connectivity index (χ0) is 9.19. The zero-order valence-electron chi connectivity index (χ0n) is 7.90. The van der Waals surface area contributed by atoms with Crippen molar-refractivity contribution < 1.29 is 4.79 Å². The van der Waals surface area contributed by atoms with Gasteiger partial charge in [0.2, 0.25) is 0 Å². The number of hydrogen-bond acceptors (Lipinski definition) is 1. The highest BCUT2D eigenvalue weighted by atomic mass is 79.9. The van der Waals surface area contributed by atoms with Gasteiger partial charge in [0.25, 0.3) is 0 Å². The molecule has 0 aromatic carbocycles. The fraction of sp³-hybridized carbons (Fsp3) is 0.900. The Morgan fingerprint density at radius 2 is 2.17 bits per heavy atom. The van der Waals surface area contributed by atoms with Gasteiger partial charge in [-0.15, -0.1) is 0 Å². The van der Waals surface area contributed by atoms with Crippen LogP contribution in [0.2, 0.25) is 0 Å². The average Bonchev–Trinajstić information content (AvgIpc) is 2.02. The zero-order valence-corrected chi connectivity index (χ0v) is 9.49. The Bertz CT molecular complexity index is 175. The van der Waals surface area contributed by atoms with Gasteiger partial charge in [-0.2, -0.15) is 0 Å². The lowest BCUT2D eigenvalue weighted by Crippen LogP contribution is -2.34. The smallest absolute Gasteiger partial charge is 0.146 e. The fourth-order valence-electron chi connectivity index (χ4n) is 2.18. The van der Waals surface area contributed by atoms with Crippen LogP contribution in [0.5, 0.6) is 0 Å². The molecule has 1 rings (SSSR count). The van der Waals surface area contributed by atoms with Crippen molar-refractivity contribution in [2.75, 3.05) is 5.33 Å². The van der Waals surface area contributed by atoms with Crippen molar-refractivity contribution in [3.05, 3.63) is 0 Å². The van der Waals surface area contributed by atoms with Gasteiger partial charge in [0.1, 0.15) is 5.78 Å². The lowest BCUT2D eigenvalue weighted by atomic mass is 9.67. The maximum atomic E-state index is 11.5. The van der Waals surface area contributed by atoms with Crippen molar-refractivity contribution in [1.29, 1.82) is 0 Å². The molecule has 0 spiro atoms.